The van der Waals surface area contributed by atoms with Crippen molar-refractivity contribution in [2.45, 2.75) is 65.0 Å². The van der Waals surface area contributed by atoms with Gasteiger partial charge in [0.1, 0.15) is 0 Å². The molecule has 1 aliphatic rings. The van der Waals surface area contributed by atoms with Crippen LogP contribution in [0, 0.1) is 0 Å². The first-order valence-electron chi connectivity index (χ1n) is 8.46. The quantitative estimate of drug-likeness (QED) is 0.749. The smallest absolute Gasteiger partial charge is 0.0380 e. The van der Waals surface area contributed by atoms with Crippen LogP contribution in [0.25, 0.3) is 0 Å². The molecule has 21 heavy (non-hydrogen) atoms. The first-order chi connectivity index (χ1) is 10.2. The number of nitrogens with zero attached hydrogens (tertiary/aromatic N) is 1. The zero-order valence-corrected chi connectivity index (χ0v) is 15.2. The van der Waals surface area contributed by atoms with Gasteiger partial charge in [-0.1, -0.05) is 42.3 Å². The van der Waals surface area contributed by atoms with Crippen molar-refractivity contribution in [3.05, 3.63) is 28.2 Å². The van der Waals surface area contributed by atoms with Gasteiger partial charge in [-0.3, -0.25) is 0 Å². The molecule has 0 amide bonds. The number of rotatable bonds is 6. The third-order valence-corrected chi connectivity index (χ3v) is 5.23. The molecule has 1 aromatic rings. The Labute approximate surface area is 138 Å². The van der Waals surface area contributed by atoms with E-state index in [0.29, 0.717) is 6.04 Å². The number of nitrogens with one attached hydrogen (secondary N) is 1. The lowest BCUT2D eigenvalue weighted by Gasteiger charge is -2.38. The normalized spacial score (nSPS) is 20.6. The van der Waals surface area contributed by atoms with Crippen molar-refractivity contribution >= 4 is 21.6 Å². The molecule has 2 rings (SSSR count). The summed E-state index contributed by atoms with van der Waals surface area (Å²) >= 11 is 3.78. The molecule has 2 unspecified atom stereocenters. The molecule has 1 N–H and O–H groups in total. The predicted octanol–water partition coefficient (Wildman–Crippen LogP) is 5.28. The maximum absolute atomic E-state index is 3.78. The second kappa shape index (κ2) is 8.19. The van der Waals surface area contributed by atoms with Crippen LogP contribution in [-0.4, -0.2) is 19.1 Å². The van der Waals surface area contributed by atoms with Gasteiger partial charge in [0.25, 0.3) is 0 Å². The Kier molecular flexibility index (Phi) is 6.56. The maximum atomic E-state index is 3.78. The summed E-state index contributed by atoms with van der Waals surface area (Å²) in [4.78, 5) is 2.62. The van der Waals surface area contributed by atoms with Crippen molar-refractivity contribution in [1.82, 2.24) is 5.32 Å². The van der Waals surface area contributed by atoms with Crippen LogP contribution >= 0.6 is 15.9 Å². The topological polar surface area (TPSA) is 15.3 Å². The van der Waals surface area contributed by atoms with Crippen molar-refractivity contribution in [2.24, 2.45) is 0 Å². The van der Waals surface area contributed by atoms with Crippen LogP contribution in [0.15, 0.2) is 22.7 Å². The molecule has 1 heterocycles. The summed E-state index contributed by atoms with van der Waals surface area (Å²) in [5, 5.41) is 3.49. The summed E-state index contributed by atoms with van der Waals surface area (Å²) in [6.45, 7) is 8.88. The summed E-state index contributed by atoms with van der Waals surface area (Å²) in [7, 11) is 0. The highest BCUT2D eigenvalue weighted by Crippen LogP contribution is 2.32. The van der Waals surface area contributed by atoms with Gasteiger partial charge >= 0.3 is 0 Å². The number of halogens is 1. The third-order valence-electron chi connectivity index (χ3n) is 4.54. The van der Waals surface area contributed by atoms with Crippen LogP contribution in [0.1, 0.15) is 64.5 Å². The summed E-state index contributed by atoms with van der Waals surface area (Å²) < 4.78 is 1.23. The standard InChI is InChI=1S/C18H29BrN2/c1-4-8-15-9-6-7-12-21(15)16-10-11-17(18(19)13-16)14(3)20-5-2/h10-11,13-15,20H,4-9,12H2,1-3H3. The van der Waals surface area contributed by atoms with Crippen molar-refractivity contribution in [2.75, 3.05) is 18.0 Å². The van der Waals surface area contributed by atoms with Crippen LogP contribution in [0.5, 0.6) is 0 Å². The van der Waals surface area contributed by atoms with E-state index in [1.807, 2.05) is 0 Å². The largest absolute Gasteiger partial charge is 0.369 e. The van der Waals surface area contributed by atoms with E-state index >= 15 is 0 Å². The van der Waals surface area contributed by atoms with Crippen LogP contribution < -0.4 is 10.2 Å². The fraction of sp³-hybridized carbons (Fsp3) is 0.667. The Morgan fingerprint density at radius 3 is 2.81 bits per heavy atom. The zero-order chi connectivity index (χ0) is 15.2. The van der Waals surface area contributed by atoms with Crippen LogP contribution in [0.4, 0.5) is 5.69 Å². The molecule has 3 heteroatoms. The van der Waals surface area contributed by atoms with E-state index in [1.54, 1.807) is 0 Å². The molecule has 1 aliphatic heterocycles. The minimum atomic E-state index is 0.395. The molecule has 0 radical (unpaired) electrons. The van der Waals surface area contributed by atoms with Crippen molar-refractivity contribution < 1.29 is 0 Å². The highest BCUT2D eigenvalue weighted by Gasteiger charge is 2.22. The van der Waals surface area contributed by atoms with Crippen LogP contribution in [0.2, 0.25) is 0 Å². The lowest BCUT2D eigenvalue weighted by molar-refractivity contribution is 0.434. The van der Waals surface area contributed by atoms with Gasteiger partial charge in [0.15, 0.2) is 0 Å². The average Bonchev–Trinajstić information content (AvgIpc) is 2.48. The fourth-order valence-electron chi connectivity index (χ4n) is 3.44. The minimum Gasteiger partial charge on any atom is -0.369 e. The number of anilines is 1. The number of hydrogen-bond donors (Lipinski definition) is 1. The van der Waals surface area contributed by atoms with Gasteiger partial charge < -0.3 is 10.2 Å². The number of benzene rings is 1. The maximum Gasteiger partial charge on any atom is 0.0380 e. The van der Waals surface area contributed by atoms with E-state index in [4.69, 9.17) is 0 Å². The molecular formula is C18H29BrN2. The Morgan fingerprint density at radius 1 is 1.33 bits per heavy atom. The number of piperidine rings is 1. The Hall–Kier alpha value is -0.540. The van der Waals surface area contributed by atoms with Crippen molar-refractivity contribution in [1.29, 1.82) is 0 Å². The summed E-state index contributed by atoms with van der Waals surface area (Å²) in [6.07, 6.45) is 6.65. The molecule has 0 saturated carbocycles. The molecule has 118 valence electrons. The molecule has 2 atom stereocenters. The molecule has 0 spiro atoms. The molecular weight excluding hydrogens is 324 g/mol. The van der Waals surface area contributed by atoms with E-state index in [0.717, 1.165) is 12.6 Å². The molecule has 0 aromatic heterocycles. The molecule has 1 fully saturated rings. The predicted molar refractivity (Wildman–Crippen MR) is 96.1 cm³/mol. The molecule has 1 saturated heterocycles. The SMILES string of the molecule is CCCC1CCCCN1c1ccc(C(C)NCC)c(Br)c1. The average molecular weight is 353 g/mol. The highest BCUT2D eigenvalue weighted by atomic mass is 79.9. The highest BCUT2D eigenvalue weighted by molar-refractivity contribution is 9.10. The van der Waals surface area contributed by atoms with Gasteiger partial charge in [-0.05, 0) is 56.8 Å². The third kappa shape index (κ3) is 4.23. The van der Waals surface area contributed by atoms with E-state index < -0.39 is 0 Å². The van der Waals surface area contributed by atoms with Gasteiger partial charge in [-0.2, -0.15) is 0 Å². The van der Waals surface area contributed by atoms with Crippen LogP contribution in [-0.2, 0) is 0 Å². The molecule has 0 aliphatic carbocycles. The summed E-state index contributed by atoms with van der Waals surface area (Å²) in [5.41, 5.74) is 2.73. The van der Waals surface area contributed by atoms with Gasteiger partial charge in [0.05, 0.1) is 0 Å². The van der Waals surface area contributed by atoms with Gasteiger partial charge in [-0.15, -0.1) is 0 Å². The molecule has 2 nitrogen and oxygen atoms in total. The lowest BCUT2D eigenvalue weighted by Crippen LogP contribution is -2.39. The Bertz CT molecular complexity index is 445. The van der Waals surface area contributed by atoms with E-state index in [9.17, 15) is 0 Å². The summed E-state index contributed by atoms with van der Waals surface area (Å²) in [6, 6.07) is 8.03. The zero-order valence-electron chi connectivity index (χ0n) is 13.7. The molecule has 0 bridgehead atoms. The first-order valence-corrected chi connectivity index (χ1v) is 9.26. The van der Waals surface area contributed by atoms with Gasteiger partial charge in [0, 0.05) is 28.8 Å². The second-order valence-corrected chi connectivity index (χ2v) is 6.97. The van der Waals surface area contributed by atoms with Crippen molar-refractivity contribution in [3.63, 3.8) is 0 Å². The Balaban J connectivity index is 2.17. The second-order valence-electron chi connectivity index (χ2n) is 6.12. The van der Waals surface area contributed by atoms with E-state index in [1.165, 1.54) is 54.4 Å². The summed E-state index contributed by atoms with van der Waals surface area (Å²) in [5.74, 6) is 0. The minimum absolute atomic E-state index is 0.395. The number of hydrogen-bond acceptors (Lipinski definition) is 2. The monoisotopic (exact) mass is 352 g/mol. The van der Waals surface area contributed by atoms with Crippen LogP contribution in [0.3, 0.4) is 0 Å². The van der Waals surface area contributed by atoms with Gasteiger partial charge in [-0.25, -0.2) is 0 Å². The Morgan fingerprint density at radius 2 is 2.14 bits per heavy atom. The van der Waals surface area contributed by atoms with Gasteiger partial charge in [0.2, 0.25) is 0 Å². The lowest BCUT2D eigenvalue weighted by atomic mass is 9.97. The van der Waals surface area contributed by atoms with E-state index in [2.05, 4.69) is 65.1 Å². The molecule has 1 aromatic carbocycles. The fourth-order valence-corrected chi connectivity index (χ4v) is 4.15. The first kappa shape index (κ1) is 16.8. The van der Waals surface area contributed by atoms with Crippen molar-refractivity contribution in [3.8, 4) is 0 Å². The van der Waals surface area contributed by atoms with E-state index in [-0.39, 0.29) is 0 Å².